The van der Waals surface area contributed by atoms with Gasteiger partial charge >= 0.3 is 0 Å². The van der Waals surface area contributed by atoms with Gasteiger partial charge in [0.2, 0.25) is 0 Å². The summed E-state index contributed by atoms with van der Waals surface area (Å²) in [5, 5.41) is 19.8. The number of phenolic OH excluding ortho intramolecular Hbond substituents is 2. The molecule has 0 aliphatic rings. The van der Waals surface area contributed by atoms with Gasteiger partial charge in [-0.3, -0.25) is 0 Å². The van der Waals surface area contributed by atoms with Crippen molar-refractivity contribution in [3.05, 3.63) is 47.5 Å². The van der Waals surface area contributed by atoms with Crippen LogP contribution in [0.3, 0.4) is 0 Å². The second-order valence-corrected chi connectivity index (χ2v) is 4.36. The Labute approximate surface area is 108 Å². The van der Waals surface area contributed by atoms with E-state index in [4.69, 9.17) is 0 Å². The number of aryl methyl sites for hydroxylation is 2. The van der Waals surface area contributed by atoms with E-state index in [0.717, 1.165) is 35.1 Å². The molecule has 0 atom stereocenters. The molecule has 0 saturated carbocycles. The Morgan fingerprint density at radius 3 is 2.22 bits per heavy atom. The Kier molecular flexibility index (Phi) is 3.56. The van der Waals surface area contributed by atoms with Crippen LogP contribution in [0.2, 0.25) is 0 Å². The molecule has 0 radical (unpaired) electrons. The quantitative estimate of drug-likeness (QED) is 0.857. The zero-order valence-electron chi connectivity index (χ0n) is 10.8. The van der Waals surface area contributed by atoms with Gasteiger partial charge in [-0.1, -0.05) is 38.1 Å². The molecular weight excluding hydrogens is 224 g/mol. The molecule has 0 fully saturated rings. The molecule has 18 heavy (non-hydrogen) atoms. The fourth-order valence-corrected chi connectivity index (χ4v) is 2.23. The molecule has 0 aromatic heterocycles. The first-order valence-corrected chi connectivity index (χ1v) is 6.30. The van der Waals surface area contributed by atoms with Crippen molar-refractivity contribution in [3.8, 4) is 22.6 Å². The van der Waals surface area contributed by atoms with E-state index < -0.39 is 0 Å². The van der Waals surface area contributed by atoms with Crippen LogP contribution in [0.1, 0.15) is 25.0 Å². The molecule has 2 N–H and O–H groups in total. The van der Waals surface area contributed by atoms with Gasteiger partial charge < -0.3 is 10.2 Å². The van der Waals surface area contributed by atoms with E-state index in [-0.39, 0.29) is 5.75 Å². The molecule has 0 heterocycles. The van der Waals surface area contributed by atoms with Crippen molar-refractivity contribution < 1.29 is 10.2 Å². The Bertz CT molecular complexity index is 559. The largest absolute Gasteiger partial charge is 0.508 e. The van der Waals surface area contributed by atoms with Crippen LogP contribution in [0.15, 0.2) is 36.4 Å². The zero-order valence-corrected chi connectivity index (χ0v) is 10.8. The van der Waals surface area contributed by atoms with Crippen LogP contribution in [0.5, 0.6) is 11.5 Å². The van der Waals surface area contributed by atoms with Crippen molar-refractivity contribution in [2.24, 2.45) is 0 Å². The number of benzene rings is 2. The van der Waals surface area contributed by atoms with Crippen LogP contribution in [0.25, 0.3) is 11.1 Å². The highest BCUT2D eigenvalue weighted by atomic mass is 16.3. The number of para-hydroxylation sites is 1. The molecule has 2 rings (SSSR count). The minimum Gasteiger partial charge on any atom is -0.508 e. The molecule has 2 aromatic carbocycles. The first-order chi connectivity index (χ1) is 8.67. The Morgan fingerprint density at radius 1 is 0.833 bits per heavy atom. The van der Waals surface area contributed by atoms with Crippen molar-refractivity contribution in [2.75, 3.05) is 0 Å². The third-order valence-corrected chi connectivity index (χ3v) is 3.26. The molecule has 0 saturated heterocycles. The first kappa shape index (κ1) is 12.5. The second kappa shape index (κ2) is 5.13. The lowest BCUT2D eigenvalue weighted by atomic mass is 9.95. The van der Waals surface area contributed by atoms with Gasteiger partial charge in [-0.15, -0.1) is 0 Å². The normalized spacial score (nSPS) is 10.6. The Balaban J connectivity index is 2.62. The molecule has 2 heteroatoms. The highest BCUT2D eigenvalue weighted by Gasteiger charge is 2.11. The van der Waals surface area contributed by atoms with Crippen LogP contribution in [-0.4, -0.2) is 10.2 Å². The summed E-state index contributed by atoms with van der Waals surface area (Å²) in [5.41, 5.74) is 3.82. The van der Waals surface area contributed by atoms with Crippen molar-refractivity contribution >= 4 is 0 Å². The predicted octanol–water partition coefficient (Wildman–Crippen LogP) is 3.89. The molecule has 94 valence electrons. The number of aromatic hydroxyl groups is 2. The third kappa shape index (κ3) is 2.19. The summed E-state index contributed by atoms with van der Waals surface area (Å²) in [6.07, 6.45) is 1.62. The van der Waals surface area contributed by atoms with Gasteiger partial charge in [-0.25, -0.2) is 0 Å². The lowest BCUT2D eigenvalue weighted by molar-refractivity contribution is 0.470. The molecule has 2 nitrogen and oxygen atoms in total. The Morgan fingerprint density at radius 2 is 1.56 bits per heavy atom. The highest BCUT2D eigenvalue weighted by Crippen LogP contribution is 2.35. The predicted molar refractivity (Wildman–Crippen MR) is 74.0 cm³/mol. The lowest BCUT2D eigenvalue weighted by Gasteiger charge is -2.12. The van der Waals surface area contributed by atoms with Crippen molar-refractivity contribution in [1.82, 2.24) is 0 Å². The number of rotatable bonds is 3. The van der Waals surface area contributed by atoms with E-state index in [9.17, 15) is 10.2 Å². The van der Waals surface area contributed by atoms with Crippen molar-refractivity contribution in [1.29, 1.82) is 0 Å². The van der Waals surface area contributed by atoms with Gasteiger partial charge in [-0.2, -0.15) is 0 Å². The van der Waals surface area contributed by atoms with Crippen LogP contribution in [0.4, 0.5) is 0 Å². The minimum absolute atomic E-state index is 0.265. The summed E-state index contributed by atoms with van der Waals surface area (Å²) in [7, 11) is 0. The second-order valence-electron chi connectivity index (χ2n) is 4.36. The molecule has 0 amide bonds. The number of phenols is 2. The van der Waals surface area contributed by atoms with Crippen molar-refractivity contribution in [2.45, 2.75) is 26.7 Å². The molecule has 0 bridgehead atoms. The molecule has 2 aromatic rings. The molecule has 0 spiro atoms. The van der Waals surface area contributed by atoms with Gasteiger partial charge in [0, 0.05) is 5.56 Å². The summed E-state index contributed by atoms with van der Waals surface area (Å²) in [5.74, 6) is 0.613. The zero-order chi connectivity index (χ0) is 13.1. The van der Waals surface area contributed by atoms with E-state index in [1.807, 2.05) is 38.1 Å². The third-order valence-electron chi connectivity index (χ3n) is 3.26. The summed E-state index contributed by atoms with van der Waals surface area (Å²) in [6.45, 7) is 4.06. The van der Waals surface area contributed by atoms with Gasteiger partial charge in [0.1, 0.15) is 11.5 Å². The smallest absolute Gasteiger partial charge is 0.126 e. The average Bonchev–Trinajstić information content (AvgIpc) is 2.39. The maximum Gasteiger partial charge on any atom is 0.126 e. The fraction of sp³-hybridized carbons (Fsp3) is 0.250. The summed E-state index contributed by atoms with van der Waals surface area (Å²) in [4.78, 5) is 0. The molecular formula is C16H18O2. The molecule has 0 unspecified atom stereocenters. The maximum atomic E-state index is 10.3. The molecule has 0 aliphatic heterocycles. The van der Waals surface area contributed by atoms with E-state index in [0.29, 0.717) is 5.75 Å². The fourth-order valence-electron chi connectivity index (χ4n) is 2.23. The average molecular weight is 242 g/mol. The number of hydrogen-bond acceptors (Lipinski definition) is 2. The number of hydrogen-bond donors (Lipinski definition) is 2. The highest BCUT2D eigenvalue weighted by molar-refractivity contribution is 5.75. The summed E-state index contributed by atoms with van der Waals surface area (Å²) >= 11 is 0. The van der Waals surface area contributed by atoms with Crippen LogP contribution >= 0.6 is 0 Å². The van der Waals surface area contributed by atoms with E-state index in [1.165, 1.54) is 0 Å². The van der Waals surface area contributed by atoms with E-state index >= 15 is 0 Å². The van der Waals surface area contributed by atoms with Gasteiger partial charge in [-0.05, 0) is 41.7 Å². The van der Waals surface area contributed by atoms with Gasteiger partial charge in [0.05, 0.1) is 0 Å². The monoisotopic (exact) mass is 242 g/mol. The summed E-state index contributed by atoms with van der Waals surface area (Å²) < 4.78 is 0. The van der Waals surface area contributed by atoms with Gasteiger partial charge in [0.25, 0.3) is 0 Å². The molecule has 0 aliphatic carbocycles. The van der Waals surface area contributed by atoms with E-state index in [2.05, 4.69) is 0 Å². The lowest BCUT2D eigenvalue weighted by Crippen LogP contribution is -1.90. The maximum absolute atomic E-state index is 10.3. The van der Waals surface area contributed by atoms with Crippen LogP contribution in [0, 0.1) is 0 Å². The van der Waals surface area contributed by atoms with Gasteiger partial charge in [0.15, 0.2) is 0 Å². The van der Waals surface area contributed by atoms with Crippen molar-refractivity contribution in [3.63, 3.8) is 0 Å². The SMILES string of the molecule is CCc1cc(O)ccc1-c1cccc(CC)c1O. The summed E-state index contributed by atoms with van der Waals surface area (Å²) in [6, 6.07) is 11.1. The Hall–Kier alpha value is -1.96. The first-order valence-electron chi connectivity index (χ1n) is 6.30. The standard InChI is InChI=1S/C16H18O2/c1-3-11-6-5-7-15(16(11)18)14-9-8-13(17)10-12(14)4-2/h5-10,17-18H,3-4H2,1-2H3. The topological polar surface area (TPSA) is 40.5 Å². The van der Waals surface area contributed by atoms with Crippen LogP contribution in [-0.2, 0) is 12.8 Å². The minimum atomic E-state index is 0.265. The van der Waals surface area contributed by atoms with Crippen LogP contribution < -0.4 is 0 Å². The van der Waals surface area contributed by atoms with E-state index in [1.54, 1.807) is 12.1 Å².